The van der Waals surface area contributed by atoms with Gasteiger partial charge in [-0.15, -0.1) is 23.4 Å². The minimum absolute atomic E-state index is 0.0565. The number of alkyl halides is 1. The van der Waals surface area contributed by atoms with E-state index in [9.17, 15) is 19.5 Å². The summed E-state index contributed by atoms with van der Waals surface area (Å²) in [6.45, 7) is 0. The Balaban J connectivity index is 1.77. The zero-order valence-corrected chi connectivity index (χ0v) is 13.4. The minimum Gasteiger partial charge on any atom is -0.477 e. The molecule has 1 aromatic carbocycles. The second-order valence-electron chi connectivity index (χ2n) is 5.12. The number of nitrogens with zero attached hydrogens (tertiary/aromatic N) is 1. The molecule has 0 saturated carbocycles. The third-order valence-electron chi connectivity index (χ3n) is 3.73. The predicted octanol–water partition coefficient (Wildman–Crippen LogP) is 1.28. The van der Waals surface area contributed by atoms with Gasteiger partial charge in [0.2, 0.25) is 0 Å². The fourth-order valence-electron chi connectivity index (χ4n) is 2.60. The Bertz CT molecular complexity index is 707. The van der Waals surface area contributed by atoms with Crippen LogP contribution in [0, 0.1) is 0 Å². The summed E-state index contributed by atoms with van der Waals surface area (Å²) >= 11 is 7.16. The van der Waals surface area contributed by atoms with Crippen LogP contribution >= 0.6 is 23.4 Å². The molecular formula is C15H13ClN2O4S. The summed E-state index contributed by atoms with van der Waals surface area (Å²) in [7, 11) is 0. The molecule has 0 radical (unpaired) electrons. The van der Waals surface area contributed by atoms with Crippen LogP contribution in [0.2, 0.25) is 0 Å². The number of nitrogens with one attached hydrogen (secondary N) is 1. The van der Waals surface area contributed by atoms with Crippen molar-refractivity contribution in [3.05, 3.63) is 47.2 Å². The molecule has 8 heteroatoms. The minimum atomic E-state index is -1.17. The summed E-state index contributed by atoms with van der Waals surface area (Å²) < 4.78 is 0. The molecule has 0 bridgehead atoms. The van der Waals surface area contributed by atoms with Crippen LogP contribution < -0.4 is 5.32 Å². The molecule has 6 nitrogen and oxygen atoms in total. The second kappa shape index (κ2) is 6.25. The quantitative estimate of drug-likeness (QED) is 0.629. The fourth-order valence-corrected chi connectivity index (χ4v) is 4.28. The first-order chi connectivity index (χ1) is 11.0. The van der Waals surface area contributed by atoms with Gasteiger partial charge in [0.25, 0.3) is 11.8 Å². The molecule has 23 heavy (non-hydrogen) atoms. The average molecular weight is 353 g/mol. The first-order valence-corrected chi connectivity index (χ1v) is 8.44. The fraction of sp³-hybridized carbons (Fsp3) is 0.267. The monoisotopic (exact) mass is 352 g/mol. The molecule has 2 atom stereocenters. The SMILES string of the molecule is O=C(O)C1=C(CCl)CS[C@@H]2[C@H](NC(=O)c3ccccc3)C(=O)N12. The number of thioether (sulfide) groups is 1. The van der Waals surface area contributed by atoms with Crippen molar-refractivity contribution in [3.8, 4) is 0 Å². The predicted molar refractivity (Wildman–Crippen MR) is 86.2 cm³/mol. The standard InChI is InChI=1S/C15H13ClN2O4S/c16-6-9-7-23-14-10(13(20)18(14)11(9)15(21)22)17-12(19)8-4-2-1-3-5-8/h1-5,10,14H,6-7H2,(H,17,19)(H,21,22)/t10-,14-/m1/s1. The van der Waals surface area contributed by atoms with Gasteiger partial charge in [0.15, 0.2) is 0 Å². The number of carbonyl (C=O) groups is 3. The van der Waals surface area contributed by atoms with Crippen LogP contribution in [0.3, 0.4) is 0 Å². The third-order valence-corrected chi connectivity index (χ3v) is 5.40. The Kier molecular flexibility index (Phi) is 4.32. The maximum Gasteiger partial charge on any atom is 0.352 e. The van der Waals surface area contributed by atoms with Crippen LogP contribution in [-0.2, 0) is 9.59 Å². The average Bonchev–Trinajstić information content (AvgIpc) is 2.58. The van der Waals surface area contributed by atoms with Gasteiger partial charge in [-0.3, -0.25) is 14.5 Å². The lowest BCUT2D eigenvalue weighted by Gasteiger charge is -2.49. The van der Waals surface area contributed by atoms with E-state index < -0.39 is 23.3 Å². The van der Waals surface area contributed by atoms with E-state index in [4.69, 9.17) is 11.6 Å². The Labute approximate surface area is 141 Å². The van der Waals surface area contributed by atoms with E-state index in [1.165, 1.54) is 16.7 Å². The molecule has 2 N–H and O–H groups in total. The van der Waals surface area contributed by atoms with Crippen molar-refractivity contribution in [2.75, 3.05) is 11.6 Å². The number of aliphatic carboxylic acids is 1. The summed E-state index contributed by atoms with van der Waals surface area (Å²) in [5.41, 5.74) is 0.913. The summed E-state index contributed by atoms with van der Waals surface area (Å²) in [4.78, 5) is 37.1. The van der Waals surface area contributed by atoms with E-state index in [2.05, 4.69) is 5.32 Å². The molecule has 1 fully saturated rings. The van der Waals surface area contributed by atoms with Crippen LogP contribution in [0.5, 0.6) is 0 Å². The molecular weight excluding hydrogens is 340 g/mol. The number of fused-ring (bicyclic) bond motifs is 1. The van der Waals surface area contributed by atoms with Crippen LogP contribution in [0.4, 0.5) is 0 Å². The number of hydrogen-bond donors (Lipinski definition) is 2. The summed E-state index contributed by atoms with van der Waals surface area (Å²) in [5, 5.41) is 11.6. The number of hydrogen-bond acceptors (Lipinski definition) is 4. The van der Waals surface area contributed by atoms with Crippen LogP contribution in [-0.4, -0.2) is 50.8 Å². The maximum atomic E-state index is 12.3. The number of carboxylic acid groups (broad SMARTS) is 1. The van der Waals surface area contributed by atoms with Crippen molar-refractivity contribution in [3.63, 3.8) is 0 Å². The molecule has 120 valence electrons. The third kappa shape index (κ3) is 2.70. The lowest BCUT2D eigenvalue weighted by Crippen LogP contribution is -2.70. The van der Waals surface area contributed by atoms with E-state index in [1.54, 1.807) is 30.3 Å². The molecule has 2 heterocycles. The lowest BCUT2D eigenvalue weighted by molar-refractivity contribution is -0.148. The Morgan fingerprint density at radius 1 is 1.35 bits per heavy atom. The Morgan fingerprint density at radius 2 is 2.04 bits per heavy atom. The highest BCUT2D eigenvalue weighted by Crippen LogP contribution is 2.40. The highest BCUT2D eigenvalue weighted by molar-refractivity contribution is 8.00. The zero-order valence-electron chi connectivity index (χ0n) is 11.9. The topological polar surface area (TPSA) is 86.7 Å². The van der Waals surface area contributed by atoms with Gasteiger partial charge < -0.3 is 10.4 Å². The van der Waals surface area contributed by atoms with Crippen molar-refractivity contribution in [2.24, 2.45) is 0 Å². The van der Waals surface area contributed by atoms with E-state index in [0.29, 0.717) is 16.9 Å². The molecule has 2 aliphatic rings. The molecule has 0 aliphatic carbocycles. The van der Waals surface area contributed by atoms with Crippen LogP contribution in [0.25, 0.3) is 0 Å². The van der Waals surface area contributed by atoms with Crippen molar-refractivity contribution in [2.45, 2.75) is 11.4 Å². The van der Waals surface area contributed by atoms with Gasteiger partial charge in [-0.05, 0) is 17.7 Å². The normalized spacial score (nSPS) is 23.2. The number of halogens is 1. The van der Waals surface area contributed by atoms with Crippen molar-refractivity contribution >= 4 is 41.1 Å². The smallest absolute Gasteiger partial charge is 0.352 e. The van der Waals surface area contributed by atoms with Crippen LogP contribution in [0.15, 0.2) is 41.6 Å². The molecule has 2 amide bonds. The van der Waals surface area contributed by atoms with Gasteiger partial charge in [-0.1, -0.05) is 18.2 Å². The number of amides is 2. The molecule has 1 saturated heterocycles. The number of rotatable bonds is 4. The second-order valence-corrected chi connectivity index (χ2v) is 6.49. The summed E-state index contributed by atoms with van der Waals surface area (Å²) in [6, 6.07) is 7.84. The van der Waals surface area contributed by atoms with Crippen molar-refractivity contribution < 1.29 is 19.5 Å². The van der Waals surface area contributed by atoms with Crippen LogP contribution in [0.1, 0.15) is 10.4 Å². The van der Waals surface area contributed by atoms with E-state index in [0.717, 1.165) is 0 Å². The van der Waals surface area contributed by atoms with Crippen molar-refractivity contribution in [1.82, 2.24) is 10.2 Å². The van der Waals surface area contributed by atoms with E-state index in [-0.39, 0.29) is 17.5 Å². The van der Waals surface area contributed by atoms with Gasteiger partial charge >= 0.3 is 5.97 Å². The first-order valence-electron chi connectivity index (χ1n) is 6.86. The Morgan fingerprint density at radius 3 is 2.65 bits per heavy atom. The number of carboxylic acids is 1. The highest BCUT2D eigenvalue weighted by atomic mass is 35.5. The van der Waals surface area contributed by atoms with E-state index in [1.807, 2.05) is 0 Å². The van der Waals surface area contributed by atoms with Gasteiger partial charge in [0, 0.05) is 17.2 Å². The molecule has 0 spiro atoms. The van der Waals surface area contributed by atoms with Gasteiger partial charge in [-0.25, -0.2) is 4.79 Å². The molecule has 1 aromatic rings. The number of β-lactam (4-membered cyclic amide) rings is 1. The highest BCUT2D eigenvalue weighted by Gasteiger charge is 2.54. The van der Waals surface area contributed by atoms with Crippen molar-refractivity contribution in [1.29, 1.82) is 0 Å². The van der Waals surface area contributed by atoms with E-state index >= 15 is 0 Å². The number of carbonyl (C=O) groups excluding carboxylic acids is 2. The maximum absolute atomic E-state index is 12.3. The van der Waals surface area contributed by atoms with Gasteiger partial charge in [0.05, 0.1) is 0 Å². The van der Waals surface area contributed by atoms with Gasteiger partial charge in [-0.2, -0.15) is 0 Å². The summed E-state index contributed by atoms with van der Waals surface area (Å²) in [5.74, 6) is -1.46. The van der Waals surface area contributed by atoms with Gasteiger partial charge in [0.1, 0.15) is 17.1 Å². The summed E-state index contributed by atoms with van der Waals surface area (Å²) in [6.07, 6.45) is 0. The molecule has 0 unspecified atom stereocenters. The molecule has 3 rings (SSSR count). The molecule has 2 aliphatic heterocycles. The zero-order chi connectivity index (χ0) is 16.6. The number of benzene rings is 1. The molecule has 0 aromatic heterocycles. The largest absolute Gasteiger partial charge is 0.477 e. The Hall–Kier alpha value is -1.99. The first kappa shape index (κ1) is 15.9. The lowest BCUT2D eigenvalue weighted by atomic mass is 10.0.